The molecule has 0 aromatic heterocycles. The Morgan fingerprint density at radius 2 is 1.65 bits per heavy atom. The van der Waals surface area contributed by atoms with Crippen LogP contribution in [0.2, 0.25) is 5.02 Å². The third-order valence-electron chi connectivity index (χ3n) is 4.60. The molecule has 0 unspecified atom stereocenters. The predicted molar refractivity (Wildman–Crippen MR) is 117 cm³/mol. The monoisotopic (exact) mass is 452 g/mol. The third kappa shape index (κ3) is 5.94. The fraction of sp³-hybridized carbons (Fsp3) is 0.391. The SMILES string of the molecule is CCc1ccc(C(=O)N(CC)N(C(=O)c2ccc(Cl)cc2OC(F)F)C(C)(C)C)cc1. The molecule has 0 saturated carbocycles. The molecule has 0 radical (unpaired) electrons. The first kappa shape index (κ1) is 24.6. The summed E-state index contributed by atoms with van der Waals surface area (Å²) in [6.45, 7) is 6.08. The fourth-order valence-electron chi connectivity index (χ4n) is 3.16. The van der Waals surface area contributed by atoms with Gasteiger partial charge in [0, 0.05) is 17.1 Å². The van der Waals surface area contributed by atoms with Crippen molar-refractivity contribution in [1.82, 2.24) is 10.0 Å². The summed E-state index contributed by atoms with van der Waals surface area (Å²) >= 11 is 5.91. The van der Waals surface area contributed by atoms with E-state index < -0.39 is 18.1 Å². The molecule has 0 spiro atoms. The van der Waals surface area contributed by atoms with Crippen molar-refractivity contribution in [3.8, 4) is 5.75 Å². The van der Waals surface area contributed by atoms with Gasteiger partial charge in [0.05, 0.1) is 11.1 Å². The number of halogens is 3. The number of alkyl halides is 2. The quantitative estimate of drug-likeness (QED) is 0.519. The van der Waals surface area contributed by atoms with E-state index in [4.69, 9.17) is 11.6 Å². The van der Waals surface area contributed by atoms with Crippen molar-refractivity contribution in [3.05, 3.63) is 64.2 Å². The van der Waals surface area contributed by atoms with Gasteiger partial charge >= 0.3 is 6.61 Å². The molecule has 0 heterocycles. The zero-order valence-corrected chi connectivity index (χ0v) is 19.0. The van der Waals surface area contributed by atoms with Gasteiger partial charge in [0.2, 0.25) is 0 Å². The van der Waals surface area contributed by atoms with Crippen molar-refractivity contribution in [3.63, 3.8) is 0 Å². The van der Waals surface area contributed by atoms with Gasteiger partial charge < -0.3 is 4.74 Å². The first-order valence-electron chi connectivity index (χ1n) is 9.99. The Balaban J connectivity index is 2.51. The Bertz CT molecular complexity index is 927. The summed E-state index contributed by atoms with van der Waals surface area (Å²) < 4.78 is 30.3. The van der Waals surface area contributed by atoms with Gasteiger partial charge in [-0.2, -0.15) is 8.78 Å². The number of amides is 2. The fourth-order valence-corrected chi connectivity index (χ4v) is 3.33. The first-order valence-corrected chi connectivity index (χ1v) is 10.4. The molecule has 0 aliphatic heterocycles. The minimum Gasteiger partial charge on any atom is -0.434 e. The second-order valence-electron chi connectivity index (χ2n) is 7.88. The number of ether oxygens (including phenoxy) is 1. The number of nitrogens with zero attached hydrogens (tertiary/aromatic N) is 2. The summed E-state index contributed by atoms with van der Waals surface area (Å²) in [4.78, 5) is 26.8. The van der Waals surface area contributed by atoms with Crippen LogP contribution in [-0.2, 0) is 6.42 Å². The second-order valence-corrected chi connectivity index (χ2v) is 8.31. The largest absolute Gasteiger partial charge is 0.434 e. The maximum absolute atomic E-state index is 13.5. The van der Waals surface area contributed by atoms with Crippen LogP contribution in [0.3, 0.4) is 0 Å². The van der Waals surface area contributed by atoms with Crippen LogP contribution in [-0.4, -0.2) is 40.5 Å². The number of benzene rings is 2. The van der Waals surface area contributed by atoms with Crippen molar-refractivity contribution in [2.24, 2.45) is 0 Å². The Morgan fingerprint density at radius 1 is 1.03 bits per heavy atom. The van der Waals surface area contributed by atoms with Crippen molar-refractivity contribution in [2.75, 3.05) is 6.54 Å². The van der Waals surface area contributed by atoms with Crippen LogP contribution in [0.15, 0.2) is 42.5 Å². The van der Waals surface area contributed by atoms with Crippen LogP contribution in [0.25, 0.3) is 0 Å². The maximum Gasteiger partial charge on any atom is 0.387 e. The highest BCUT2D eigenvalue weighted by atomic mass is 35.5. The zero-order chi connectivity index (χ0) is 23.3. The van der Waals surface area contributed by atoms with Gasteiger partial charge in [0.25, 0.3) is 11.8 Å². The highest BCUT2D eigenvalue weighted by Gasteiger charge is 2.36. The average molecular weight is 453 g/mol. The molecule has 31 heavy (non-hydrogen) atoms. The Labute approximate surface area is 186 Å². The van der Waals surface area contributed by atoms with E-state index in [0.717, 1.165) is 18.1 Å². The van der Waals surface area contributed by atoms with Crippen molar-refractivity contribution in [2.45, 2.75) is 53.2 Å². The molecule has 168 valence electrons. The summed E-state index contributed by atoms with van der Waals surface area (Å²) in [5.41, 5.74) is 0.542. The van der Waals surface area contributed by atoms with E-state index in [0.29, 0.717) is 5.56 Å². The molecule has 0 bridgehead atoms. The number of hydrogen-bond acceptors (Lipinski definition) is 3. The van der Waals surface area contributed by atoms with Crippen LogP contribution in [0, 0.1) is 0 Å². The Hall–Kier alpha value is -2.67. The van der Waals surface area contributed by atoms with Gasteiger partial charge in [0.15, 0.2) is 0 Å². The lowest BCUT2D eigenvalue weighted by molar-refractivity contribution is -0.0531. The lowest BCUT2D eigenvalue weighted by atomic mass is 10.0. The number of rotatable bonds is 6. The summed E-state index contributed by atoms with van der Waals surface area (Å²) in [7, 11) is 0. The molecule has 0 atom stereocenters. The van der Waals surface area contributed by atoms with Crippen molar-refractivity contribution in [1.29, 1.82) is 0 Å². The highest BCUT2D eigenvalue weighted by molar-refractivity contribution is 6.30. The number of hydrazine groups is 1. The van der Waals surface area contributed by atoms with E-state index in [1.807, 2.05) is 19.1 Å². The van der Waals surface area contributed by atoms with Gasteiger partial charge in [-0.05, 0) is 70.0 Å². The van der Waals surface area contributed by atoms with Gasteiger partial charge in [-0.15, -0.1) is 0 Å². The van der Waals surface area contributed by atoms with E-state index in [-0.39, 0.29) is 28.8 Å². The van der Waals surface area contributed by atoms with E-state index in [9.17, 15) is 18.4 Å². The molecule has 2 amide bonds. The predicted octanol–water partition coefficient (Wildman–Crippen LogP) is 5.82. The molecule has 2 aromatic rings. The van der Waals surface area contributed by atoms with Crippen molar-refractivity contribution < 1.29 is 23.1 Å². The summed E-state index contributed by atoms with van der Waals surface area (Å²) in [6, 6.07) is 11.0. The molecular formula is C23H27ClF2N2O3. The first-order chi connectivity index (χ1) is 14.5. The molecule has 2 aromatic carbocycles. The highest BCUT2D eigenvalue weighted by Crippen LogP contribution is 2.30. The second kappa shape index (κ2) is 10.1. The minimum atomic E-state index is -3.13. The van der Waals surface area contributed by atoms with Crippen LogP contribution in [0.4, 0.5) is 8.78 Å². The van der Waals surface area contributed by atoms with E-state index >= 15 is 0 Å². The molecule has 8 heteroatoms. The van der Waals surface area contributed by atoms with Gasteiger partial charge in [0.1, 0.15) is 5.75 Å². The van der Waals surface area contributed by atoms with Gasteiger partial charge in [-0.1, -0.05) is 30.7 Å². The lowest BCUT2D eigenvalue weighted by Crippen LogP contribution is -2.58. The van der Waals surface area contributed by atoms with Crippen LogP contribution < -0.4 is 4.74 Å². The van der Waals surface area contributed by atoms with Gasteiger partial charge in [-0.3, -0.25) is 9.59 Å². The summed E-state index contributed by atoms with van der Waals surface area (Å²) in [5.74, 6) is -1.38. The summed E-state index contributed by atoms with van der Waals surface area (Å²) in [6.07, 6.45) is 0.835. The molecule has 5 nitrogen and oxygen atoms in total. The lowest BCUT2D eigenvalue weighted by Gasteiger charge is -2.43. The molecule has 0 aliphatic rings. The minimum absolute atomic E-state index is 0.118. The molecule has 0 saturated heterocycles. The molecule has 0 aliphatic carbocycles. The van der Waals surface area contributed by atoms with Gasteiger partial charge in [-0.25, -0.2) is 10.0 Å². The molecular weight excluding hydrogens is 426 g/mol. The molecule has 2 rings (SSSR count). The van der Waals surface area contributed by atoms with E-state index in [2.05, 4.69) is 4.74 Å². The summed E-state index contributed by atoms with van der Waals surface area (Å²) in [5, 5.41) is 2.73. The zero-order valence-electron chi connectivity index (χ0n) is 18.3. The van der Waals surface area contributed by atoms with Crippen LogP contribution >= 0.6 is 11.6 Å². The van der Waals surface area contributed by atoms with Crippen LogP contribution in [0.5, 0.6) is 5.75 Å². The average Bonchev–Trinajstić information content (AvgIpc) is 2.69. The van der Waals surface area contributed by atoms with Crippen molar-refractivity contribution >= 4 is 23.4 Å². The molecule has 0 N–H and O–H groups in total. The Morgan fingerprint density at radius 3 is 2.13 bits per heavy atom. The smallest absolute Gasteiger partial charge is 0.387 e. The standard InChI is InChI=1S/C23H27ClF2N2O3/c1-6-15-8-10-16(11-9-15)20(29)27(7-2)28(23(3,4)5)21(30)18-13-12-17(24)14-19(18)31-22(25)26/h8-14,22H,6-7H2,1-5H3. The number of hydrogen-bond donors (Lipinski definition) is 0. The van der Waals surface area contributed by atoms with Crippen LogP contribution in [0.1, 0.15) is 60.9 Å². The topological polar surface area (TPSA) is 49.9 Å². The number of aryl methyl sites for hydroxylation is 1. The number of carbonyl (C=O) groups excluding carboxylic acids is 2. The number of carbonyl (C=O) groups is 2. The normalized spacial score (nSPS) is 11.4. The Kier molecular flexibility index (Phi) is 8.01. The molecule has 0 fully saturated rings. The van der Waals surface area contributed by atoms with E-state index in [1.165, 1.54) is 22.2 Å². The van der Waals surface area contributed by atoms with E-state index in [1.54, 1.807) is 39.8 Å². The third-order valence-corrected chi connectivity index (χ3v) is 4.84. The maximum atomic E-state index is 13.5.